The molecule has 2 aliphatic rings. The fraction of sp³-hybridized carbons (Fsp3) is 0.214. The maximum absolute atomic E-state index is 12.2. The molecular weight excluding hydrogens is 328 g/mol. The number of anilines is 1. The van der Waals surface area contributed by atoms with Crippen LogP contribution in [-0.2, 0) is 14.3 Å². The molecule has 1 fully saturated rings. The van der Waals surface area contributed by atoms with E-state index in [4.69, 9.17) is 26.5 Å². The maximum Gasteiger partial charge on any atom is 0.346 e. The van der Waals surface area contributed by atoms with Crippen molar-refractivity contribution >= 4 is 46.8 Å². The highest BCUT2D eigenvalue weighted by molar-refractivity contribution is 8.04. The van der Waals surface area contributed by atoms with Gasteiger partial charge in [0.15, 0.2) is 11.3 Å². The summed E-state index contributed by atoms with van der Waals surface area (Å²) in [5.74, 6) is -0.765. The van der Waals surface area contributed by atoms with Crippen molar-refractivity contribution in [3.05, 3.63) is 33.8 Å². The molecule has 1 aromatic rings. The third-order valence-corrected chi connectivity index (χ3v) is 4.37. The molecule has 0 radical (unpaired) electrons. The molecule has 8 heteroatoms. The Morgan fingerprint density at radius 1 is 1.55 bits per heavy atom. The SMILES string of the molecule is CCOC(=O)C1=C2SCC(=O)N2c2cc(Cl)ccc2OC1=N. The fourth-order valence-corrected chi connectivity index (χ4v) is 3.40. The number of amides is 1. The molecule has 2 heterocycles. The molecule has 0 bridgehead atoms. The van der Waals surface area contributed by atoms with E-state index in [9.17, 15) is 9.59 Å². The van der Waals surface area contributed by atoms with Crippen molar-refractivity contribution in [2.24, 2.45) is 0 Å². The van der Waals surface area contributed by atoms with Gasteiger partial charge in [-0.2, -0.15) is 0 Å². The number of halogens is 1. The van der Waals surface area contributed by atoms with Crippen molar-refractivity contribution in [1.29, 1.82) is 5.41 Å². The van der Waals surface area contributed by atoms with Crippen LogP contribution in [0, 0.1) is 5.41 Å². The largest absolute Gasteiger partial charge is 0.462 e. The number of rotatable bonds is 2. The van der Waals surface area contributed by atoms with E-state index in [1.54, 1.807) is 25.1 Å². The Labute approximate surface area is 135 Å². The Bertz CT molecular complexity index is 732. The van der Waals surface area contributed by atoms with Crippen molar-refractivity contribution in [3.63, 3.8) is 0 Å². The Morgan fingerprint density at radius 2 is 2.32 bits per heavy atom. The van der Waals surface area contributed by atoms with Crippen molar-refractivity contribution in [2.45, 2.75) is 6.92 Å². The molecule has 0 atom stereocenters. The summed E-state index contributed by atoms with van der Waals surface area (Å²) >= 11 is 7.17. The number of esters is 1. The van der Waals surface area contributed by atoms with Gasteiger partial charge in [0.1, 0.15) is 5.03 Å². The summed E-state index contributed by atoms with van der Waals surface area (Å²) in [5.41, 5.74) is 0.367. The Morgan fingerprint density at radius 3 is 3.05 bits per heavy atom. The van der Waals surface area contributed by atoms with Crippen LogP contribution in [0.25, 0.3) is 0 Å². The lowest BCUT2D eigenvalue weighted by atomic mass is 10.2. The van der Waals surface area contributed by atoms with Gasteiger partial charge in [0.25, 0.3) is 0 Å². The van der Waals surface area contributed by atoms with Crippen LogP contribution in [0.15, 0.2) is 28.8 Å². The number of benzene rings is 1. The second-order valence-electron chi connectivity index (χ2n) is 4.46. The second-order valence-corrected chi connectivity index (χ2v) is 5.86. The van der Waals surface area contributed by atoms with E-state index in [2.05, 4.69) is 0 Å². The topological polar surface area (TPSA) is 79.7 Å². The molecule has 1 amide bonds. The molecule has 22 heavy (non-hydrogen) atoms. The maximum atomic E-state index is 12.2. The third kappa shape index (κ3) is 2.36. The van der Waals surface area contributed by atoms with Gasteiger partial charge in [-0.15, -0.1) is 0 Å². The molecule has 0 spiro atoms. The van der Waals surface area contributed by atoms with Gasteiger partial charge >= 0.3 is 5.97 Å². The van der Waals surface area contributed by atoms with Gasteiger partial charge < -0.3 is 9.47 Å². The predicted octanol–water partition coefficient (Wildman–Crippen LogP) is 2.56. The number of carbonyl (C=O) groups is 2. The highest BCUT2D eigenvalue weighted by Gasteiger charge is 2.39. The Hall–Kier alpha value is -1.99. The van der Waals surface area contributed by atoms with Gasteiger partial charge in [-0.25, -0.2) is 4.79 Å². The molecule has 114 valence electrons. The van der Waals surface area contributed by atoms with E-state index in [0.717, 1.165) is 0 Å². The first-order valence-electron chi connectivity index (χ1n) is 6.46. The van der Waals surface area contributed by atoms with Crippen molar-refractivity contribution in [2.75, 3.05) is 17.3 Å². The van der Waals surface area contributed by atoms with Crippen LogP contribution in [-0.4, -0.2) is 30.1 Å². The summed E-state index contributed by atoms with van der Waals surface area (Å²) in [5, 5.41) is 8.80. The first-order valence-corrected chi connectivity index (χ1v) is 7.82. The summed E-state index contributed by atoms with van der Waals surface area (Å²) < 4.78 is 10.4. The van der Waals surface area contributed by atoms with Crippen LogP contribution in [0.2, 0.25) is 5.02 Å². The van der Waals surface area contributed by atoms with Crippen LogP contribution in [0.3, 0.4) is 0 Å². The van der Waals surface area contributed by atoms with E-state index >= 15 is 0 Å². The third-order valence-electron chi connectivity index (χ3n) is 3.08. The summed E-state index contributed by atoms with van der Waals surface area (Å²) in [6.07, 6.45) is 0. The zero-order valence-electron chi connectivity index (χ0n) is 11.5. The zero-order chi connectivity index (χ0) is 15.9. The fourth-order valence-electron chi connectivity index (χ4n) is 2.19. The normalized spacial score (nSPS) is 16.9. The van der Waals surface area contributed by atoms with Crippen LogP contribution >= 0.6 is 23.4 Å². The van der Waals surface area contributed by atoms with Gasteiger partial charge in [0, 0.05) is 5.02 Å². The smallest absolute Gasteiger partial charge is 0.346 e. The minimum atomic E-state index is -0.686. The number of hydrogen-bond donors (Lipinski definition) is 1. The number of hydrogen-bond acceptors (Lipinski definition) is 6. The molecule has 0 aromatic heterocycles. The number of thioether (sulfide) groups is 1. The molecule has 0 saturated carbocycles. The molecule has 6 nitrogen and oxygen atoms in total. The monoisotopic (exact) mass is 338 g/mol. The van der Waals surface area contributed by atoms with E-state index in [0.29, 0.717) is 21.5 Å². The standard InChI is InChI=1S/C14H11ClN2O4S/c1-2-20-14(19)11-12(16)21-9-4-3-7(15)5-8(9)17-10(18)6-22-13(11)17/h3-5,16H,2,6H2,1H3. The van der Waals surface area contributed by atoms with E-state index in [1.165, 1.54) is 16.7 Å². The quantitative estimate of drug-likeness (QED) is 0.838. The average molecular weight is 339 g/mol. The van der Waals surface area contributed by atoms with E-state index < -0.39 is 5.97 Å². The molecule has 1 aromatic carbocycles. The first kappa shape index (κ1) is 14.9. The van der Waals surface area contributed by atoms with Gasteiger partial charge in [0.05, 0.1) is 18.0 Å². The zero-order valence-corrected chi connectivity index (χ0v) is 13.1. The molecule has 0 aliphatic carbocycles. The second kappa shape index (κ2) is 5.66. The lowest BCUT2D eigenvalue weighted by molar-refractivity contribution is -0.138. The molecular formula is C14H11ClN2O4S. The average Bonchev–Trinajstić information content (AvgIpc) is 2.77. The van der Waals surface area contributed by atoms with Crippen LogP contribution < -0.4 is 9.64 Å². The van der Waals surface area contributed by atoms with Crippen LogP contribution in [0.4, 0.5) is 5.69 Å². The minimum Gasteiger partial charge on any atom is -0.462 e. The lowest BCUT2D eigenvalue weighted by Crippen LogP contribution is -2.26. The summed E-state index contributed by atoms with van der Waals surface area (Å²) in [4.78, 5) is 25.7. The highest BCUT2D eigenvalue weighted by atomic mass is 35.5. The minimum absolute atomic E-state index is 0.0509. The number of fused-ring (bicyclic) bond motifs is 3. The molecule has 0 unspecified atom stereocenters. The van der Waals surface area contributed by atoms with Gasteiger partial charge in [0.2, 0.25) is 11.8 Å². The van der Waals surface area contributed by atoms with Crippen molar-refractivity contribution in [3.8, 4) is 5.75 Å². The van der Waals surface area contributed by atoms with Crippen LogP contribution in [0.5, 0.6) is 5.75 Å². The van der Waals surface area contributed by atoms with Crippen molar-refractivity contribution < 1.29 is 19.1 Å². The highest BCUT2D eigenvalue weighted by Crippen LogP contribution is 2.44. The number of nitrogens with one attached hydrogen (secondary N) is 1. The van der Waals surface area contributed by atoms with Gasteiger partial charge in [-0.05, 0) is 25.1 Å². The van der Waals surface area contributed by atoms with Crippen molar-refractivity contribution in [1.82, 2.24) is 0 Å². The lowest BCUT2D eigenvalue weighted by Gasteiger charge is -2.17. The molecule has 1 saturated heterocycles. The number of nitrogens with zero attached hydrogens (tertiary/aromatic N) is 1. The number of carbonyl (C=O) groups excluding carboxylic acids is 2. The summed E-state index contributed by atoms with van der Waals surface area (Å²) in [6.45, 7) is 1.84. The molecule has 2 aliphatic heterocycles. The van der Waals surface area contributed by atoms with E-state index in [1.807, 2.05) is 0 Å². The first-order chi connectivity index (χ1) is 10.5. The number of ether oxygens (including phenoxy) is 2. The van der Waals surface area contributed by atoms with Crippen LogP contribution in [0.1, 0.15) is 6.92 Å². The summed E-state index contributed by atoms with van der Waals surface area (Å²) in [6, 6.07) is 4.73. The van der Waals surface area contributed by atoms with E-state index in [-0.39, 0.29) is 29.7 Å². The molecule has 1 N–H and O–H groups in total. The Balaban J connectivity index is 2.20. The predicted molar refractivity (Wildman–Crippen MR) is 83.4 cm³/mol. The molecule has 3 rings (SSSR count). The van der Waals surface area contributed by atoms with Gasteiger partial charge in [-0.3, -0.25) is 15.1 Å². The summed E-state index contributed by atoms with van der Waals surface area (Å²) in [7, 11) is 0. The Kier molecular flexibility index (Phi) is 3.84. The van der Waals surface area contributed by atoms with Gasteiger partial charge in [-0.1, -0.05) is 23.4 Å².